The standard InChI is InChI=1S/C11H12N2O4.C11H14N2O2/c1-12-11(14)6-3-8-7-9(13(15)16)4-5-10(8)17-2;1-13-11(14)6-3-8-7-9(12)4-5-10(8)15-2/h3-7H,1-2H3,(H,12,14);3-7H,12H2,1-2H3,(H,13,14)/b2*6-3+. The second-order valence-electron chi connectivity index (χ2n) is 6.08. The van der Waals surface area contributed by atoms with Crippen molar-refractivity contribution < 1.29 is 24.0 Å². The van der Waals surface area contributed by atoms with E-state index < -0.39 is 4.92 Å². The monoisotopic (exact) mass is 442 g/mol. The third-order valence-electron chi connectivity index (χ3n) is 4.00. The fourth-order valence-corrected chi connectivity index (χ4v) is 2.35. The van der Waals surface area contributed by atoms with Crippen LogP contribution in [0.1, 0.15) is 11.1 Å². The van der Waals surface area contributed by atoms with Crippen LogP contribution >= 0.6 is 0 Å². The Kier molecular flexibility index (Phi) is 10.5. The Balaban J connectivity index is 0.000000323. The van der Waals surface area contributed by atoms with Gasteiger partial charge in [0.1, 0.15) is 11.5 Å². The number of nitrogen functional groups attached to an aromatic ring is 1. The molecule has 2 aromatic rings. The molecular weight excluding hydrogens is 416 g/mol. The highest BCUT2D eigenvalue weighted by molar-refractivity contribution is 5.92. The van der Waals surface area contributed by atoms with E-state index in [2.05, 4.69) is 10.6 Å². The Morgan fingerprint density at radius 3 is 1.81 bits per heavy atom. The molecule has 0 saturated heterocycles. The molecule has 0 aliphatic rings. The number of ether oxygens (including phenoxy) is 2. The van der Waals surface area contributed by atoms with Crippen molar-refractivity contribution in [1.82, 2.24) is 10.6 Å². The topological polar surface area (TPSA) is 146 Å². The summed E-state index contributed by atoms with van der Waals surface area (Å²) >= 11 is 0. The molecule has 2 aromatic carbocycles. The summed E-state index contributed by atoms with van der Waals surface area (Å²) in [6, 6.07) is 9.43. The second-order valence-corrected chi connectivity index (χ2v) is 6.08. The molecule has 0 saturated carbocycles. The van der Waals surface area contributed by atoms with Crippen LogP contribution in [0.2, 0.25) is 0 Å². The highest BCUT2D eigenvalue weighted by Gasteiger charge is 2.09. The van der Waals surface area contributed by atoms with Crippen LogP contribution in [0.3, 0.4) is 0 Å². The average Bonchev–Trinajstić information content (AvgIpc) is 2.81. The molecule has 2 rings (SSSR count). The minimum absolute atomic E-state index is 0.0534. The lowest BCUT2D eigenvalue weighted by molar-refractivity contribution is -0.384. The number of carbonyl (C=O) groups is 2. The van der Waals surface area contributed by atoms with Gasteiger partial charge in [-0.3, -0.25) is 19.7 Å². The van der Waals surface area contributed by atoms with Gasteiger partial charge < -0.3 is 25.8 Å². The first kappa shape index (κ1) is 25.7. The Bertz CT molecular complexity index is 1020. The fourth-order valence-electron chi connectivity index (χ4n) is 2.35. The molecule has 0 aromatic heterocycles. The van der Waals surface area contributed by atoms with Gasteiger partial charge >= 0.3 is 0 Å². The van der Waals surface area contributed by atoms with E-state index >= 15 is 0 Å². The van der Waals surface area contributed by atoms with Gasteiger partial charge in [-0.05, 0) is 36.4 Å². The normalized spacial score (nSPS) is 10.2. The number of nitrogens with two attached hydrogens (primary N) is 1. The van der Waals surface area contributed by atoms with E-state index in [1.54, 1.807) is 38.4 Å². The number of non-ortho nitro benzene ring substituents is 1. The molecule has 0 unspecified atom stereocenters. The summed E-state index contributed by atoms with van der Waals surface area (Å²) in [5.41, 5.74) is 7.47. The number of hydrogen-bond acceptors (Lipinski definition) is 7. The van der Waals surface area contributed by atoms with Crippen molar-refractivity contribution in [2.45, 2.75) is 0 Å². The molecule has 0 spiro atoms. The number of methoxy groups -OCH3 is 2. The smallest absolute Gasteiger partial charge is 0.270 e. The van der Waals surface area contributed by atoms with Crippen molar-refractivity contribution in [3.05, 3.63) is 69.8 Å². The van der Waals surface area contributed by atoms with Crippen molar-refractivity contribution in [2.24, 2.45) is 0 Å². The highest BCUT2D eigenvalue weighted by Crippen LogP contribution is 2.25. The van der Waals surface area contributed by atoms with Crippen LogP contribution in [-0.4, -0.2) is 45.1 Å². The summed E-state index contributed by atoms with van der Waals surface area (Å²) in [6.45, 7) is 0. The first-order valence-electron chi connectivity index (χ1n) is 9.31. The molecule has 0 aliphatic heterocycles. The van der Waals surface area contributed by atoms with Crippen LogP contribution < -0.4 is 25.8 Å². The van der Waals surface area contributed by atoms with Gasteiger partial charge in [0.15, 0.2) is 0 Å². The molecule has 10 heteroatoms. The van der Waals surface area contributed by atoms with Crippen molar-refractivity contribution in [3.63, 3.8) is 0 Å². The van der Waals surface area contributed by atoms with Gasteiger partial charge in [0.2, 0.25) is 11.8 Å². The van der Waals surface area contributed by atoms with Gasteiger partial charge in [-0.2, -0.15) is 0 Å². The third-order valence-corrected chi connectivity index (χ3v) is 4.00. The predicted octanol–water partition coefficient (Wildman–Crippen LogP) is 2.40. The summed E-state index contributed by atoms with van der Waals surface area (Å²) < 4.78 is 10.2. The minimum atomic E-state index is -0.503. The van der Waals surface area contributed by atoms with E-state index in [9.17, 15) is 19.7 Å². The lowest BCUT2D eigenvalue weighted by Gasteiger charge is -2.05. The molecule has 0 atom stereocenters. The van der Waals surface area contributed by atoms with Crippen LogP contribution in [-0.2, 0) is 9.59 Å². The maximum absolute atomic E-state index is 11.0. The third kappa shape index (κ3) is 8.19. The molecule has 10 nitrogen and oxygen atoms in total. The van der Waals surface area contributed by atoms with Gasteiger partial charge in [0.25, 0.3) is 5.69 Å². The maximum Gasteiger partial charge on any atom is 0.270 e. The number of anilines is 1. The van der Waals surface area contributed by atoms with Gasteiger partial charge in [-0.15, -0.1) is 0 Å². The summed E-state index contributed by atoms with van der Waals surface area (Å²) in [7, 11) is 6.10. The van der Waals surface area contributed by atoms with Crippen LogP contribution in [0.25, 0.3) is 12.2 Å². The lowest BCUT2D eigenvalue weighted by Crippen LogP contribution is -2.13. The number of hydrogen-bond donors (Lipinski definition) is 3. The molecule has 0 heterocycles. The number of nitro groups is 1. The van der Waals surface area contributed by atoms with Crippen LogP contribution in [0.5, 0.6) is 11.5 Å². The van der Waals surface area contributed by atoms with Gasteiger partial charge in [0, 0.05) is 55.2 Å². The van der Waals surface area contributed by atoms with Crippen LogP contribution in [0, 0.1) is 10.1 Å². The Morgan fingerprint density at radius 1 is 0.906 bits per heavy atom. The van der Waals surface area contributed by atoms with Gasteiger partial charge in [-0.1, -0.05) is 0 Å². The molecule has 0 radical (unpaired) electrons. The van der Waals surface area contributed by atoms with Crippen molar-refractivity contribution >= 4 is 35.3 Å². The van der Waals surface area contributed by atoms with E-state index in [1.165, 1.54) is 50.6 Å². The number of carbonyl (C=O) groups excluding carboxylic acids is 2. The number of likely N-dealkylation sites (N-methyl/N-ethyl adjacent to an activating group) is 2. The van der Waals surface area contributed by atoms with E-state index in [1.807, 2.05) is 0 Å². The molecule has 32 heavy (non-hydrogen) atoms. The van der Waals surface area contributed by atoms with Crippen LogP contribution in [0.15, 0.2) is 48.6 Å². The first-order chi connectivity index (χ1) is 15.2. The van der Waals surface area contributed by atoms with E-state index in [4.69, 9.17) is 15.2 Å². The minimum Gasteiger partial charge on any atom is -0.496 e. The van der Waals surface area contributed by atoms with Gasteiger partial charge in [-0.25, -0.2) is 0 Å². The van der Waals surface area contributed by atoms with E-state index in [-0.39, 0.29) is 17.5 Å². The summed E-state index contributed by atoms with van der Waals surface area (Å²) in [6.07, 6.45) is 5.83. The quantitative estimate of drug-likeness (QED) is 0.258. The average molecular weight is 442 g/mol. The van der Waals surface area contributed by atoms with E-state index in [0.29, 0.717) is 22.7 Å². The largest absolute Gasteiger partial charge is 0.496 e. The summed E-state index contributed by atoms with van der Waals surface area (Å²) in [5.74, 6) is 0.693. The Morgan fingerprint density at radius 2 is 1.38 bits per heavy atom. The number of nitro benzene ring substituents is 1. The number of nitrogens with one attached hydrogen (secondary N) is 2. The summed E-state index contributed by atoms with van der Waals surface area (Å²) in [5, 5.41) is 15.5. The zero-order valence-electron chi connectivity index (χ0n) is 18.2. The molecule has 0 fully saturated rings. The molecule has 0 bridgehead atoms. The number of amides is 2. The van der Waals surface area contributed by atoms with Crippen molar-refractivity contribution in [3.8, 4) is 11.5 Å². The zero-order valence-corrected chi connectivity index (χ0v) is 18.2. The number of nitrogens with zero attached hydrogens (tertiary/aromatic N) is 1. The maximum atomic E-state index is 11.0. The van der Waals surface area contributed by atoms with Crippen LogP contribution in [0.4, 0.5) is 11.4 Å². The Hall–Kier alpha value is -4.34. The predicted molar refractivity (Wildman–Crippen MR) is 123 cm³/mol. The second kappa shape index (κ2) is 13.1. The molecule has 170 valence electrons. The molecule has 4 N–H and O–H groups in total. The molecule has 2 amide bonds. The van der Waals surface area contributed by atoms with Crippen molar-refractivity contribution in [2.75, 3.05) is 34.0 Å². The Labute approximate surface area is 185 Å². The number of rotatable bonds is 7. The fraction of sp³-hybridized carbons (Fsp3) is 0.182. The lowest BCUT2D eigenvalue weighted by atomic mass is 10.1. The van der Waals surface area contributed by atoms with E-state index in [0.717, 1.165) is 5.56 Å². The molecule has 0 aliphatic carbocycles. The first-order valence-corrected chi connectivity index (χ1v) is 9.31. The van der Waals surface area contributed by atoms with Crippen molar-refractivity contribution in [1.29, 1.82) is 0 Å². The highest BCUT2D eigenvalue weighted by atomic mass is 16.6. The molecular formula is C22H26N4O6. The van der Waals surface area contributed by atoms with Gasteiger partial charge in [0.05, 0.1) is 19.1 Å². The number of benzene rings is 2. The summed E-state index contributed by atoms with van der Waals surface area (Å²) in [4.78, 5) is 32.1. The SMILES string of the molecule is CNC(=O)/C=C/c1cc(N)ccc1OC.CNC(=O)/C=C/c1cc([N+](=O)[O-])ccc1OC. The zero-order chi connectivity index (χ0) is 24.1.